The first kappa shape index (κ1) is 15.8. The van der Waals surface area contributed by atoms with Gasteiger partial charge >= 0.3 is 0 Å². The van der Waals surface area contributed by atoms with E-state index in [4.69, 9.17) is 0 Å². The van der Waals surface area contributed by atoms with Crippen molar-refractivity contribution in [2.75, 3.05) is 6.54 Å². The molecule has 1 aliphatic heterocycles. The van der Waals surface area contributed by atoms with E-state index in [0.717, 1.165) is 5.56 Å². The van der Waals surface area contributed by atoms with Gasteiger partial charge in [0.1, 0.15) is 0 Å². The van der Waals surface area contributed by atoms with E-state index in [1.807, 2.05) is 13.8 Å². The number of carbonyl (C=O) groups is 2. The van der Waals surface area contributed by atoms with Crippen LogP contribution in [0.1, 0.15) is 32.3 Å². The quantitative estimate of drug-likeness (QED) is 0.481. The summed E-state index contributed by atoms with van der Waals surface area (Å²) in [6, 6.07) is 6.08. The van der Waals surface area contributed by atoms with E-state index in [1.54, 1.807) is 12.1 Å². The van der Waals surface area contributed by atoms with Crippen molar-refractivity contribution in [2.24, 2.45) is 0 Å². The molecule has 1 aliphatic rings. The maximum absolute atomic E-state index is 11.6. The van der Waals surface area contributed by atoms with E-state index in [0.29, 0.717) is 19.4 Å². The van der Waals surface area contributed by atoms with E-state index in [1.165, 1.54) is 17.0 Å². The number of benzene rings is 1. The van der Waals surface area contributed by atoms with Gasteiger partial charge in [-0.3, -0.25) is 24.6 Å². The molecule has 2 amide bonds. The maximum Gasteiger partial charge on any atom is 0.269 e. The van der Waals surface area contributed by atoms with Gasteiger partial charge in [0.05, 0.1) is 4.92 Å². The summed E-state index contributed by atoms with van der Waals surface area (Å²) in [5.74, 6) is -0.298. The molecular weight excluding hydrogens is 260 g/mol. The molecule has 1 fully saturated rings. The van der Waals surface area contributed by atoms with Crippen LogP contribution in [0.25, 0.3) is 0 Å². The Labute approximate surface area is 117 Å². The molecule has 6 nitrogen and oxygen atoms in total. The normalized spacial score (nSPS) is 13.1. The smallest absolute Gasteiger partial charge is 0.269 e. The molecular formula is C14H18N2O4. The van der Waals surface area contributed by atoms with E-state index >= 15 is 0 Å². The van der Waals surface area contributed by atoms with Crippen LogP contribution < -0.4 is 0 Å². The van der Waals surface area contributed by atoms with Crippen LogP contribution in [-0.2, 0) is 16.0 Å². The number of aryl methyl sites for hydroxylation is 1. The zero-order valence-electron chi connectivity index (χ0n) is 11.7. The van der Waals surface area contributed by atoms with Crippen molar-refractivity contribution < 1.29 is 14.5 Å². The number of carbonyl (C=O) groups excluding carboxylic acids is 2. The summed E-state index contributed by atoms with van der Waals surface area (Å²) in [5.41, 5.74) is 0.880. The lowest BCUT2D eigenvalue weighted by Crippen LogP contribution is -2.47. The number of non-ortho nitro benzene ring substituents is 1. The van der Waals surface area contributed by atoms with Crippen LogP contribution in [0, 0.1) is 10.1 Å². The lowest BCUT2D eigenvalue weighted by Gasteiger charge is -2.28. The van der Waals surface area contributed by atoms with Crippen LogP contribution in [0.5, 0.6) is 0 Å². The molecule has 1 saturated heterocycles. The monoisotopic (exact) mass is 278 g/mol. The predicted molar refractivity (Wildman–Crippen MR) is 74.1 cm³/mol. The number of nitro benzene ring substituents is 1. The van der Waals surface area contributed by atoms with Gasteiger partial charge in [0.2, 0.25) is 11.8 Å². The standard InChI is InChI=1S/C12H12N2O4.C2H6/c15-11(13-8-7-12(13)16)6-3-9-1-4-10(5-2-9)14(17)18;1-2/h1-2,4-5H,3,6-8H2;1-2H3. The number of amides is 2. The minimum absolute atomic E-state index is 0.0306. The average molecular weight is 278 g/mol. The highest BCUT2D eigenvalue weighted by Crippen LogP contribution is 2.15. The molecule has 1 aromatic rings. The van der Waals surface area contributed by atoms with Gasteiger partial charge in [-0.05, 0) is 12.0 Å². The van der Waals surface area contributed by atoms with Gasteiger partial charge in [0, 0.05) is 31.5 Å². The van der Waals surface area contributed by atoms with Crippen LogP contribution in [0.15, 0.2) is 24.3 Å². The molecule has 0 radical (unpaired) electrons. The molecule has 1 aromatic carbocycles. The first-order valence-electron chi connectivity index (χ1n) is 6.64. The molecule has 20 heavy (non-hydrogen) atoms. The van der Waals surface area contributed by atoms with Crippen LogP contribution in [0.2, 0.25) is 0 Å². The number of nitrogens with zero attached hydrogens (tertiary/aromatic N) is 2. The second-order valence-electron chi connectivity index (χ2n) is 4.11. The van der Waals surface area contributed by atoms with E-state index in [-0.39, 0.29) is 23.9 Å². The van der Waals surface area contributed by atoms with Crippen LogP contribution in [0.3, 0.4) is 0 Å². The summed E-state index contributed by atoms with van der Waals surface area (Å²) >= 11 is 0. The zero-order valence-corrected chi connectivity index (χ0v) is 11.7. The number of hydrogen-bond donors (Lipinski definition) is 0. The van der Waals surface area contributed by atoms with E-state index in [2.05, 4.69) is 0 Å². The van der Waals surface area contributed by atoms with Gasteiger partial charge in [-0.2, -0.15) is 0 Å². The Morgan fingerprint density at radius 3 is 2.30 bits per heavy atom. The summed E-state index contributed by atoms with van der Waals surface area (Å²) in [6.07, 6.45) is 1.19. The van der Waals surface area contributed by atoms with Gasteiger partial charge in [0.25, 0.3) is 5.69 Å². The lowest BCUT2D eigenvalue weighted by molar-refractivity contribution is -0.384. The fourth-order valence-corrected chi connectivity index (χ4v) is 1.75. The number of rotatable bonds is 4. The number of β-lactam (4-membered cyclic amide) rings is 1. The molecule has 0 aromatic heterocycles. The van der Waals surface area contributed by atoms with Gasteiger partial charge in [0.15, 0.2) is 0 Å². The Kier molecular flexibility index (Phi) is 5.83. The highest BCUT2D eigenvalue weighted by atomic mass is 16.6. The number of imide groups is 1. The molecule has 0 N–H and O–H groups in total. The van der Waals surface area contributed by atoms with Gasteiger partial charge in [-0.25, -0.2) is 0 Å². The molecule has 0 unspecified atom stereocenters. The molecule has 0 spiro atoms. The highest BCUT2D eigenvalue weighted by molar-refractivity contribution is 5.99. The van der Waals surface area contributed by atoms with Crippen molar-refractivity contribution in [3.8, 4) is 0 Å². The number of hydrogen-bond acceptors (Lipinski definition) is 4. The first-order valence-corrected chi connectivity index (χ1v) is 6.64. The molecule has 0 aliphatic carbocycles. The molecule has 0 atom stereocenters. The van der Waals surface area contributed by atoms with Gasteiger partial charge < -0.3 is 0 Å². The third-order valence-electron chi connectivity index (χ3n) is 2.93. The molecule has 1 heterocycles. The number of likely N-dealkylation sites (tertiary alicyclic amines) is 1. The second-order valence-corrected chi connectivity index (χ2v) is 4.11. The Bertz CT molecular complexity index is 496. The number of nitro groups is 1. The van der Waals surface area contributed by atoms with Crippen molar-refractivity contribution in [1.82, 2.24) is 4.90 Å². The summed E-state index contributed by atoms with van der Waals surface area (Å²) in [5, 5.41) is 10.5. The Morgan fingerprint density at radius 1 is 1.30 bits per heavy atom. The first-order chi connectivity index (χ1) is 9.58. The maximum atomic E-state index is 11.6. The van der Waals surface area contributed by atoms with Crippen molar-refractivity contribution >= 4 is 17.5 Å². The molecule has 6 heteroatoms. The summed E-state index contributed by atoms with van der Waals surface area (Å²) in [4.78, 5) is 33.8. The summed E-state index contributed by atoms with van der Waals surface area (Å²) in [7, 11) is 0. The Hall–Kier alpha value is -2.24. The van der Waals surface area contributed by atoms with Crippen LogP contribution >= 0.6 is 0 Å². The minimum atomic E-state index is -0.465. The summed E-state index contributed by atoms with van der Waals surface area (Å²) < 4.78 is 0. The average Bonchev–Trinajstić information content (AvgIpc) is 2.46. The van der Waals surface area contributed by atoms with Crippen LogP contribution in [0.4, 0.5) is 5.69 Å². The van der Waals surface area contributed by atoms with E-state index in [9.17, 15) is 19.7 Å². The Balaban J connectivity index is 0.000000956. The van der Waals surface area contributed by atoms with Crippen molar-refractivity contribution in [1.29, 1.82) is 0 Å². The molecule has 0 bridgehead atoms. The molecule has 2 rings (SSSR count). The fraction of sp³-hybridized carbons (Fsp3) is 0.429. The topological polar surface area (TPSA) is 80.5 Å². The minimum Gasteiger partial charge on any atom is -0.282 e. The molecule has 0 saturated carbocycles. The van der Waals surface area contributed by atoms with Gasteiger partial charge in [-0.1, -0.05) is 26.0 Å². The largest absolute Gasteiger partial charge is 0.282 e. The third kappa shape index (κ3) is 3.88. The van der Waals surface area contributed by atoms with E-state index < -0.39 is 4.92 Å². The summed E-state index contributed by atoms with van der Waals surface area (Å²) in [6.45, 7) is 4.51. The fourth-order valence-electron chi connectivity index (χ4n) is 1.75. The molecule has 108 valence electrons. The third-order valence-corrected chi connectivity index (χ3v) is 2.93. The zero-order chi connectivity index (χ0) is 15.1. The van der Waals surface area contributed by atoms with Crippen molar-refractivity contribution in [3.05, 3.63) is 39.9 Å². The highest BCUT2D eigenvalue weighted by Gasteiger charge is 2.29. The van der Waals surface area contributed by atoms with Crippen molar-refractivity contribution in [2.45, 2.75) is 33.1 Å². The lowest BCUT2D eigenvalue weighted by atomic mass is 10.1. The van der Waals surface area contributed by atoms with Crippen LogP contribution in [-0.4, -0.2) is 28.2 Å². The second kappa shape index (κ2) is 7.37. The Morgan fingerprint density at radius 2 is 1.90 bits per heavy atom. The van der Waals surface area contributed by atoms with Gasteiger partial charge in [-0.15, -0.1) is 0 Å². The van der Waals surface area contributed by atoms with Crippen molar-refractivity contribution in [3.63, 3.8) is 0 Å². The SMILES string of the molecule is CC.O=C(CCc1ccc([N+](=O)[O-])cc1)N1CCC1=O. The predicted octanol–water partition coefficient (Wildman–Crippen LogP) is 2.31.